The number of imide groups is 1. The number of fused-ring (bicyclic) bond motifs is 3. The smallest absolute Gasteiger partial charge is 0.262 e. The van der Waals surface area contributed by atoms with Crippen LogP contribution < -0.4 is 5.56 Å². The van der Waals surface area contributed by atoms with Gasteiger partial charge in [-0.15, -0.1) is 10.2 Å². The molecule has 0 atom stereocenters. The summed E-state index contributed by atoms with van der Waals surface area (Å²) in [6.45, 7) is 0.0722. The highest BCUT2D eigenvalue weighted by atomic mass is 16.2. The van der Waals surface area contributed by atoms with E-state index in [-0.39, 0.29) is 23.9 Å². The zero-order valence-electron chi connectivity index (χ0n) is 15.7. The number of nitrogens with zero attached hydrogens (tertiary/aromatic N) is 5. The van der Waals surface area contributed by atoms with Crippen molar-refractivity contribution in [3.63, 3.8) is 0 Å². The fourth-order valence-electron chi connectivity index (χ4n) is 4.78. The summed E-state index contributed by atoms with van der Waals surface area (Å²) in [5, 5.41) is 8.92. The molecule has 1 saturated heterocycles. The van der Waals surface area contributed by atoms with Gasteiger partial charge in [0.15, 0.2) is 5.82 Å². The van der Waals surface area contributed by atoms with Gasteiger partial charge in [-0.2, -0.15) is 0 Å². The van der Waals surface area contributed by atoms with Gasteiger partial charge in [-0.05, 0) is 25.0 Å². The van der Waals surface area contributed by atoms with Gasteiger partial charge in [0.2, 0.25) is 17.6 Å². The van der Waals surface area contributed by atoms with Crippen molar-refractivity contribution in [1.82, 2.24) is 24.1 Å². The maximum atomic E-state index is 13.1. The van der Waals surface area contributed by atoms with Crippen LogP contribution in [0.5, 0.6) is 0 Å². The highest BCUT2D eigenvalue weighted by Crippen LogP contribution is 2.45. The Balaban J connectivity index is 1.60. The van der Waals surface area contributed by atoms with Gasteiger partial charge in [0.25, 0.3) is 5.56 Å². The summed E-state index contributed by atoms with van der Waals surface area (Å²) in [6, 6.07) is 7.23. The standard InChI is InChI=1S/C20H21N5O3/c1-23-17(27)13-7-3-4-8-14(13)25-15(21-22-19(23)25)12-24-16(26)11-20(18(24)28)9-5-2-6-10-20/h3-4,7-8H,2,5-6,9-12H2,1H3. The van der Waals surface area contributed by atoms with Gasteiger partial charge in [-0.1, -0.05) is 31.4 Å². The van der Waals surface area contributed by atoms with E-state index in [4.69, 9.17) is 0 Å². The predicted molar refractivity (Wildman–Crippen MR) is 101 cm³/mol. The van der Waals surface area contributed by atoms with E-state index in [1.165, 1.54) is 9.47 Å². The number of rotatable bonds is 2. The highest BCUT2D eigenvalue weighted by molar-refractivity contribution is 6.05. The monoisotopic (exact) mass is 379 g/mol. The van der Waals surface area contributed by atoms with E-state index in [0.29, 0.717) is 28.9 Å². The number of carbonyl (C=O) groups excluding carboxylic acids is 2. The molecule has 0 bridgehead atoms. The summed E-state index contributed by atoms with van der Waals surface area (Å²) in [7, 11) is 1.64. The van der Waals surface area contributed by atoms with E-state index in [9.17, 15) is 14.4 Å². The first-order valence-corrected chi connectivity index (χ1v) is 9.68. The van der Waals surface area contributed by atoms with Crippen molar-refractivity contribution in [3.05, 3.63) is 40.4 Å². The number of likely N-dealkylation sites (tertiary alicyclic amines) is 1. The lowest BCUT2D eigenvalue weighted by molar-refractivity contribution is -0.143. The average molecular weight is 379 g/mol. The van der Waals surface area contributed by atoms with Crippen LogP contribution in [0.2, 0.25) is 0 Å². The second-order valence-electron chi connectivity index (χ2n) is 7.94. The van der Waals surface area contributed by atoms with E-state index >= 15 is 0 Å². The van der Waals surface area contributed by atoms with Gasteiger partial charge in [-0.25, -0.2) is 0 Å². The second-order valence-corrected chi connectivity index (χ2v) is 7.94. The SMILES string of the molecule is Cn1c(=O)c2ccccc2n2c(CN3C(=O)CC4(CCCCC4)C3=O)nnc12. The minimum absolute atomic E-state index is 0.0722. The van der Waals surface area contributed by atoms with Crippen LogP contribution in [0, 0.1) is 5.41 Å². The van der Waals surface area contributed by atoms with Crippen molar-refractivity contribution in [2.24, 2.45) is 12.5 Å². The van der Waals surface area contributed by atoms with Crippen molar-refractivity contribution >= 4 is 28.5 Å². The third-order valence-corrected chi connectivity index (χ3v) is 6.29. The number of aryl methyl sites for hydroxylation is 1. The number of carbonyl (C=O) groups is 2. The quantitative estimate of drug-likeness (QED) is 0.633. The van der Waals surface area contributed by atoms with Gasteiger partial charge in [0, 0.05) is 13.5 Å². The topological polar surface area (TPSA) is 89.6 Å². The summed E-state index contributed by atoms with van der Waals surface area (Å²) in [5.74, 6) is 0.655. The molecule has 3 aromatic rings. The second kappa shape index (κ2) is 5.98. The maximum Gasteiger partial charge on any atom is 0.262 e. The Morgan fingerprint density at radius 1 is 1.04 bits per heavy atom. The molecule has 144 valence electrons. The van der Waals surface area contributed by atoms with Crippen molar-refractivity contribution in [2.45, 2.75) is 45.1 Å². The number of benzene rings is 1. The summed E-state index contributed by atoms with van der Waals surface area (Å²) >= 11 is 0. The summed E-state index contributed by atoms with van der Waals surface area (Å²) < 4.78 is 3.21. The molecule has 3 heterocycles. The van der Waals surface area contributed by atoms with Crippen LogP contribution in [0.4, 0.5) is 0 Å². The zero-order valence-corrected chi connectivity index (χ0v) is 15.7. The Kier molecular flexibility index (Phi) is 3.65. The lowest BCUT2D eigenvalue weighted by atomic mass is 9.73. The number of amides is 2. The number of hydrogen-bond acceptors (Lipinski definition) is 5. The van der Waals surface area contributed by atoms with Gasteiger partial charge in [0.05, 0.1) is 22.9 Å². The predicted octanol–water partition coefficient (Wildman–Crippen LogP) is 1.79. The van der Waals surface area contributed by atoms with Crippen LogP contribution in [-0.4, -0.2) is 35.9 Å². The molecular weight excluding hydrogens is 358 g/mol. The van der Waals surface area contributed by atoms with Crippen LogP contribution >= 0.6 is 0 Å². The molecule has 0 unspecified atom stereocenters. The molecule has 1 aliphatic carbocycles. The molecule has 1 aliphatic heterocycles. The first-order valence-electron chi connectivity index (χ1n) is 9.68. The summed E-state index contributed by atoms with van der Waals surface area (Å²) in [4.78, 5) is 39.7. The van der Waals surface area contributed by atoms with Crippen molar-refractivity contribution < 1.29 is 9.59 Å². The Morgan fingerprint density at radius 2 is 1.79 bits per heavy atom. The first-order chi connectivity index (χ1) is 13.5. The Bertz CT molecular complexity index is 1190. The number of aromatic nitrogens is 4. The number of hydrogen-bond donors (Lipinski definition) is 0. The van der Waals surface area contributed by atoms with E-state index in [1.807, 2.05) is 12.1 Å². The van der Waals surface area contributed by atoms with Crippen LogP contribution in [0.15, 0.2) is 29.1 Å². The van der Waals surface area contributed by atoms with Crippen LogP contribution in [0.1, 0.15) is 44.3 Å². The van der Waals surface area contributed by atoms with Gasteiger partial charge < -0.3 is 0 Å². The molecule has 2 amide bonds. The van der Waals surface area contributed by atoms with E-state index in [2.05, 4.69) is 10.2 Å². The van der Waals surface area contributed by atoms with E-state index in [1.54, 1.807) is 23.6 Å². The minimum Gasteiger partial charge on any atom is -0.279 e. The Labute approximate surface area is 160 Å². The normalized spacial score (nSPS) is 19.4. The fourth-order valence-corrected chi connectivity index (χ4v) is 4.78. The molecule has 8 nitrogen and oxygen atoms in total. The van der Waals surface area contributed by atoms with Crippen LogP contribution in [-0.2, 0) is 23.2 Å². The largest absolute Gasteiger partial charge is 0.279 e. The van der Waals surface area contributed by atoms with Gasteiger partial charge >= 0.3 is 0 Å². The first kappa shape index (κ1) is 17.1. The minimum atomic E-state index is -0.523. The lowest BCUT2D eigenvalue weighted by Gasteiger charge is -2.30. The molecular formula is C20H21N5O3. The van der Waals surface area contributed by atoms with E-state index < -0.39 is 5.41 Å². The highest BCUT2D eigenvalue weighted by Gasteiger charge is 2.51. The average Bonchev–Trinajstić information content (AvgIpc) is 3.22. The molecule has 1 saturated carbocycles. The van der Waals surface area contributed by atoms with Crippen molar-refractivity contribution in [3.8, 4) is 0 Å². The van der Waals surface area contributed by atoms with E-state index in [0.717, 1.165) is 32.1 Å². The maximum absolute atomic E-state index is 13.1. The molecule has 8 heteroatoms. The molecule has 1 aromatic carbocycles. The van der Waals surface area contributed by atoms with Crippen LogP contribution in [0.25, 0.3) is 16.7 Å². The van der Waals surface area contributed by atoms with Gasteiger partial charge in [0.1, 0.15) is 0 Å². The number of para-hydroxylation sites is 1. The third-order valence-electron chi connectivity index (χ3n) is 6.29. The molecule has 0 N–H and O–H groups in total. The van der Waals surface area contributed by atoms with Crippen LogP contribution in [0.3, 0.4) is 0 Å². The van der Waals surface area contributed by atoms with Crippen molar-refractivity contribution in [1.29, 1.82) is 0 Å². The molecule has 2 fully saturated rings. The Hall–Kier alpha value is -3.03. The summed E-state index contributed by atoms with van der Waals surface area (Å²) in [5.41, 5.74) is -0.00584. The fraction of sp³-hybridized carbons (Fsp3) is 0.450. The molecule has 0 radical (unpaired) electrons. The van der Waals surface area contributed by atoms with Gasteiger partial charge in [-0.3, -0.25) is 28.3 Å². The molecule has 1 spiro atoms. The molecule has 2 aromatic heterocycles. The third kappa shape index (κ3) is 2.26. The Morgan fingerprint density at radius 3 is 2.57 bits per heavy atom. The van der Waals surface area contributed by atoms with Crippen molar-refractivity contribution in [2.75, 3.05) is 0 Å². The molecule has 5 rings (SSSR count). The lowest BCUT2D eigenvalue weighted by Crippen LogP contribution is -2.37. The summed E-state index contributed by atoms with van der Waals surface area (Å²) in [6.07, 6.45) is 4.97. The zero-order chi connectivity index (χ0) is 19.5. The molecule has 28 heavy (non-hydrogen) atoms. The molecule has 2 aliphatic rings.